The topological polar surface area (TPSA) is 43.8 Å². The highest BCUT2D eigenvalue weighted by Gasteiger charge is 2.44. The maximum absolute atomic E-state index is 12.6. The van der Waals surface area contributed by atoms with Gasteiger partial charge in [0, 0.05) is 24.8 Å². The minimum absolute atomic E-state index is 0.0852. The van der Waals surface area contributed by atoms with Crippen molar-refractivity contribution in [2.24, 2.45) is 5.92 Å². The van der Waals surface area contributed by atoms with Gasteiger partial charge in [-0.1, -0.05) is 32.0 Å². The standard InChI is InChI=1S/C17H26N2O2/c1-13(2)17(21)11-18(12-17)10-16(20)19(14(3)4)15-8-6-5-7-9-15/h5-9,13-14,21H,10-12H2,1-4H3. The van der Waals surface area contributed by atoms with E-state index in [2.05, 4.69) is 0 Å². The average molecular weight is 290 g/mol. The molecule has 1 amide bonds. The van der Waals surface area contributed by atoms with Crippen LogP contribution in [0, 0.1) is 5.92 Å². The fourth-order valence-electron chi connectivity index (χ4n) is 2.79. The maximum atomic E-state index is 12.6. The van der Waals surface area contributed by atoms with Crippen LogP contribution in [0.3, 0.4) is 0 Å². The molecule has 0 aliphatic carbocycles. The number of amides is 1. The molecule has 0 saturated carbocycles. The minimum atomic E-state index is -0.629. The van der Waals surface area contributed by atoms with E-state index in [0.29, 0.717) is 19.6 Å². The van der Waals surface area contributed by atoms with Crippen molar-refractivity contribution >= 4 is 11.6 Å². The molecule has 1 aromatic rings. The highest BCUT2D eigenvalue weighted by Crippen LogP contribution is 2.28. The number of para-hydroxylation sites is 1. The zero-order valence-electron chi connectivity index (χ0n) is 13.4. The summed E-state index contributed by atoms with van der Waals surface area (Å²) in [4.78, 5) is 16.4. The van der Waals surface area contributed by atoms with Crippen molar-refractivity contribution in [1.82, 2.24) is 4.90 Å². The lowest BCUT2D eigenvalue weighted by Crippen LogP contribution is -2.66. The molecule has 0 radical (unpaired) electrons. The molecule has 1 aliphatic heterocycles. The van der Waals surface area contributed by atoms with Gasteiger partial charge in [0.1, 0.15) is 0 Å². The summed E-state index contributed by atoms with van der Waals surface area (Å²) in [5.74, 6) is 0.307. The third-order valence-corrected chi connectivity index (χ3v) is 4.25. The highest BCUT2D eigenvalue weighted by atomic mass is 16.3. The first-order chi connectivity index (χ1) is 9.83. The van der Waals surface area contributed by atoms with Crippen LogP contribution in [0.25, 0.3) is 0 Å². The van der Waals surface area contributed by atoms with Crippen LogP contribution in [0.1, 0.15) is 27.7 Å². The molecule has 1 aliphatic rings. The zero-order valence-corrected chi connectivity index (χ0v) is 13.4. The first kappa shape index (κ1) is 16.0. The molecular formula is C17H26N2O2. The van der Waals surface area contributed by atoms with Crippen LogP contribution in [-0.4, -0.2) is 47.2 Å². The van der Waals surface area contributed by atoms with E-state index in [1.54, 1.807) is 0 Å². The molecule has 1 saturated heterocycles. The Labute approximate surface area is 127 Å². The predicted molar refractivity (Wildman–Crippen MR) is 85.3 cm³/mol. The van der Waals surface area contributed by atoms with Gasteiger partial charge in [-0.15, -0.1) is 0 Å². The SMILES string of the molecule is CC(C)N(C(=O)CN1CC(O)(C(C)C)C1)c1ccccc1. The monoisotopic (exact) mass is 290 g/mol. The largest absolute Gasteiger partial charge is 0.387 e. The van der Waals surface area contributed by atoms with Crippen LogP contribution in [0.4, 0.5) is 5.69 Å². The summed E-state index contributed by atoms with van der Waals surface area (Å²) in [7, 11) is 0. The molecule has 1 fully saturated rings. The number of β-amino-alcohol motifs (C(OH)–C–C–N with tert-alkyl or cyclic N) is 1. The van der Waals surface area contributed by atoms with Crippen LogP contribution in [0.5, 0.6) is 0 Å². The third-order valence-electron chi connectivity index (χ3n) is 4.25. The number of rotatable bonds is 5. The predicted octanol–water partition coefficient (Wildman–Crippen LogP) is 2.13. The first-order valence-corrected chi connectivity index (χ1v) is 7.65. The van der Waals surface area contributed by atoms with Gasteiger partial charge in [-0.05, 0) is 31.9 Å². The lowest BCUT2D eigenvalue weighted by atomic mass is 9.83. The molecule has 116 valence electrons. The average Bonchev–Trinajstić information content (AvgIpc) is 2.37. The van der Waals surface area contributed by atoms with Crippen LogP contribution in [0.15, 0.2) is 30.3 Å². The number of hydrogen-bond donors (Lipinski definition) is 1. The van der Waals surface area contributed by atoms with Crippen LogP contribution >= 0.6 is 0 Å². The van der Waals surface area contributed by atoms with Gasteiger partial charge in [-0.3, -0.25) is 9.69 Å². The van der Waals surface area contributed by atoms with E-state index in [1.165, 1.54) is 0 Å². The second kappa shape index (κ2) is 6.16. The van der Waals surface area contributed by atoms with Gasteiger partial charge in [0.2, 0.25) is 5.91 Å². The number of benzene rings is 1. The molecule has 1 N–H and O–H groups in total. The molecule has 0 unspecified atom stereocenters. The second-order valence-corrected chi connectivity index (χ2v) is 6.60. The van der Waals surface area contributed by atoms with Crippen molar-refractivity contribution in [3.8, 4) is 0 Å². The van der Waals surface area contributed by atoms with Gasteiger partial charge in [0.05, 0.1) is 12.1 Å². The quantitative estimate of drug-likeness (QED) is 0.903. The number of hydrogen-bond acceptors (Lipinski definition) is 3. The Balaban J connectivity index is 1.99. The summed E-state index contributed by atoms with van der Waals surface area (Å²) in [6.45, 7) is 9.60. The van der Waals surface area contributed by atoms with Gasteiger partial charge in [0.25, 0.3) is 0 Å². The zero-order chi connectivity index (χ0) is 15.6. The van der Waals surface area contributed by atoms with Crippen LogP contribution in [-0.2, 0) is 4.79 Å². The van der Waals surface area contributed by atoms with Crippen molar-refractivity contribution in [3.05, 3.63) is 30.3 Å². The smallest absolute Gasteiger partial charge is 0.241 e. The number of carbonyl (C=O) groups excluding carboxylic acids is 1. The number of anilines is 1. The normalized spacial score (nSPS) is 17.9. The van der Waals surface area contributed by atoms with E-state index in [9.17, 15) is 9.90 Å². The third kappa shape index (κ3) is 3.44. The van der Waals surface area contributed by atoms with Gasteiger partial charge >= 0.3 is 0 Å². The van der Waals surface area contributed by atoms with Crippen molar-refractivity contribution in [3.63, 3.8) is 0 Å². The first-order valence-electron chi connectivity index (χ1n) is 7.65. The van der Waals surface area contributed by atoms with Gasteiger partial charge in [-0.25, -0.2) is 0 Å². The van der Waals surface area contributed by atoms with Crippen molar-refractivity contribution < 1.29 is 9.90 Å². The molecule has 0 aromatic heterocycles. The summed E-state index contributed by atoms with van der Waals surface area (Å²) in [5, 5.41) is 10.3. The summed E-state index contributed by atoms with van der Waals surface area (Å²) in [6.07, 6.45) is 0. The van der Waals surface area contributed by atoms with E-state index in [4.69, 9.17) is 0 Å². The Morgan fingerprint density at radius 3 is 2.29 bits per heavy atom. The van der Waals surface area contributed by atoms with E-state index >= 15 is 0 Å². The number of likely N-dealkylation sites (tertiary alicyclic amines) is 1. The molecule has 0 bridgehead atoms. The van der Waals surface area contributed by atoms with Crippen molar-refractivity contribution in [2.75, 3.05) is 24.5 Å². The number of carbonyl (C=O) groups is 1. The Morgan fingerprint density at radius 2 is 1.81 bits per heavy atom. The van der Waals surface area contributed by atoms with E-state index in [1.807, 2.05) is 67.8 Å². The number of nitrogens with zero attached hydrogens (tertiary/aromatic N) is 2. The molecule has 0 spiro atoms. The maximum Gasteiger partial charge on any atom is 0.241 e. The highest BCUT2D eigenvalue weighted by molar-refractivity contribution is 5.95. The number of aliphatic hydroxyl groups is 1. The lowest BCUT2D eigenvalue weighted by Gasteiger charge is -2.49. The molecule has 1 aromatic carbocycles. The fourth-order valence-corrected chi connectivity index (χ4v) is 2.79. The minimum Gasteiger partial charge on any atom is -0.387 e. The molecule has 4 nitrogen and oxygen atoms in total. The van der Waals surface area contributed by atoms with Crippen molar-refractivity contribution in [2.45, 2.75) is 39.3 Å². The Kier molecular flexibility index (Phi) is 4.69. The molecule has 4 heteroatoms. The van der Waals surface area contributed by atoms with Crippen LogP contribution < -0.4 is 4.90 Å². The van der Waals surface area contributed by atoms with E-state index in [0.717, 1.165) is 5.69 Å². The molecule has 0 atom stereocenters. The fraction of sp³-hybridized carbons (Fsp3) is 0.588. The van der Waals surface area contributed by atoms with Crippen LogP contribution in [0.2, 0.25) is 0 Å². The Morgan fingerprint density at radius 1 is 1.24 bits per heavy atom. The summed E-state index contributed by atoms with van der Waals surface area (Å²) in [5.41, 5.74) is 0.299. The lowest BCUT2D eigenvalue weighted by molar-refractivity contribution is -0.141. The Hall–Kier alpha value is -1.39. The van der Waals surface area contributed by atoms with Crippen molar-refractivity contribution in [1.29, 1.82) is 0 Å². The summed E-state index contributed by atoms with van der Waals surface area (Å²) < 4.78 is 0. The molecule has 2 rings (SSSR count). The van der Waals surface area contributed by atoms with Gasteiger partial charge in [-0.2, -0.15) is 0 Å². The van der Waals surface area contributed by atoms with Gasteiger partial charge < -0.3 is 10.0 Å². The molecule has 21 heavy (non-hydrogen) atoms. The molecule has 1 heterocycles. The second-order valence-electron chi connectivity index (χ2n) is 6.60. The summed E-state index contributed by atoms with van der Waals surface area (Å²) in [6, 6.07) is 9.87. The van der Waals surface area contributed by atoms with Gasteiger partial charge in [0.15, 0.2) is 0 Å². The van der Waals surface area contributed by atoms with E-state index in [-0.39, 0.29) is 17.9 Å². The molecular weight excluding hydrogens is 264 g/mol. The Bertz CT molecular complexity index is 479. The summed E-state index contributed by atoms with van der Waals surface area (Å²) >= 11 is 0. The van der Waals surface area contributed by atoms with E-state index < -0.39 is 5.60 Å².